The van der Waals surface area contributed by atoms with Crippen LogP contribution in [0, 0.1) is 11.3 Å². The van der Waals surface area contributed by atoms with E-state index in [0.29, 0.717) is 18.3 Å². The molecule has 2 aromatic rings. The molecule has 0 saturated carbocycles. The SMILES string of the molecule is COc1cc(N2CCC(Oc3ccc(N4C[C@H](OC)[C@@H](C)[C@@H]4CC(=O)O)cn3)CC2)c(C2=CCCC2(C)C)cn1. The molecule has 3 aliphatic rings. The number of carbonyl (C=O) groups is 1. The van der Waals surface area contributed by atoms with Crippen LogP contribution in [0.5, 0.6) is 11.8 Å². The number of methoxy groups -OCH3 is 2. The number of anilines is 2. The summed E-state index contributed by atoms with van der Waals surface area (Å²) in [6.07, 6.45) is 10.3. The molecule has 5 rings (SSSR count). The first kappa shape index (κ1) is 28.2. The molecule has 2 fully saturated rings. The molecule has 0 radical (unpaired) electrons. The average molecular weight is 551 g/mol. The van der Waals surface area contributed by atoms with Crippen molar-refractivity contribution in [1.82, 2.24) is 9.97 Å². The molecule has 3 atom stereocenters. The fraction of sp³-hybridized carbons (Fsp3) is 0.581. The van der Waals surface area contributed by atoms with Crippen molar-refractivity contribution in [2.45, 2.75) is 71.1 Å². The zero-order valence-corrected chi connectivity index (χ0v) is 24.3. The summed E-state index contributed by atoms with van der Waals surface area (Å²) >= 11 is 0. The van der Waals surface area contributed by atoms with Crippen molar-refractivity contribution in [3.63, 3.8) is 0 Å². The summed E-state index contributed by atoms with van der Waals surface area (Å²) in [7, 11) is 3.34. The number of ether oxygens (including phenoxy) is 3. The maximum Gasteiger partial charge on any atom is 0.305 e. The van der Waals surface area contributed by atoms with Gasteiger partial charge >= 0.3 is 5.97 Å². The van der Waals surface area contributed by atoms with Gasteiger partial charge in [0.05, 0.1) is 37.2 Å². The number of aliphatic carboxylic acids is 1. The van der Waals surface area contributed by atoms with Crippen molar-refractivity contribution >= 4 is 22.9 Å². The Kier molecular flexibility index (Phi) is 8.21. The number of piperidine rings is 1. The van der Waals surface area contributed by atoms with E-state index in [2.05, 4.69) is 52.7 Å². The molecule has 2 saturated heterocycles. The Labute approximate surface area is 237 Å². The molecule has 216 valence electrons. The lowest BCUT2D eigenvalue weighted by Crippen LogP contribution is -2.39. The standard InChI is InChI=1S/C31H42N4O5/c1-20-25(16-30(36)37)35(19-27(20)38-4)21-8-9-28(32-17-21)40-22-10-13-34(14-11-22)26-15-29(39-5)33-18-23(26)24-7-6-12-31(24,2)3/h7-9,15,17-18,20,22,25,27H,6,10-14,16,19H2,1-5H3,(H,36,37)/t20-,25-,27-/m0/s1. The molecule has 9 heteroatoms. The summed E-state index contributed by atoms with van der Waals surface area (Å²) in [5.74, 6) is 0.530. The predicted molar refractivity (Wildman–Crippen MR) is 155 cm³/mol. The number of carboxylic acid groups (broad SMARTS) is 1. The molecule has 40 heavy (non-hydrogen) atoms. The Morgan fingerprint density at radius 1 is 1.12 bits per heavy atom. The van der Waals surface area contributed by atoms with E-state index < -0.39 is 5.97 Å². The van der Waals surface area contributed by atoms with Gasteiger partial charge in [0.15, 0.2) is 0 Å². The molecule has 0 spiro atoms. The zero-order chi connectivity index (χ0) is 28.4. The van der Waals surface area contributed by atoms with E-state index >= 15 is 0 Å². The van der Waals surface area contributed by atoms with E-state index in [4.69, 9.17) is 14.2 Å². The van der Waals surface area contributed by atoms with Crippen LogP contribution < -0.4 is 19.3 Å². The van der Waals surface area contributed by atoms with Gasteiger partial charge in [-0.05, 0) is 29.9 Å². The summed E-state index contributed by atoms with van der Waals surface area (Å²) in [6.45, 7) is 9.06. The zero-order valence-electron chi connectivity index (χ0n) is 24.3. The second kappa shape index (κ2) is 11.6. The maximum atomic E-state index is 11.5. The number of carboxylic acids is 1. The summed E-state index contributed by atoms with van der Waals surface area (Å²) in [5.41, 5.74) is 4.78. The fourth-order valence-corrected chi connectivity index (χ4v) is 6.56. The van der Waals surface area contributed by atoms with Gasteiger partial charge in [0, 0.05) is 75.4 Å². The largest absolute Gasteiger partial charge is 0.481 e. The molecular weight excluding hydrogens is 508 g/mol. The summed E-state index contributed by atoms with van der Waals surface area (Å²) in [5, 5.41) is 9.43. The number of hydrogen-bond acceptors (Lipinski definition) is 8. The minimum Gasteiger partial charge on any atom is -0.481 e. The van der Waals surface area contributed by atoms with Crippen LogP contribution >= 0.6 is 0 Å². The lowest BCUT2D eigenvalue weighted by molar-refractivity contribution is -0.137. The van der Waals surface area contributed by atoms with Gasteiger partial charge in [-0.2, -0.15) is 0 Å². The third-order valence-electron chi connectivity index (χ3n) is 8.98. The number of rotatable bonds is 9. The average Bonchev–Trinajstić information content (AvgIpc) is 3.46. The van der Waals surface area contributed by atoms with E-state index in [-0.39, 0.29) is 36.0 Å². The lowest BCUT2D eigenvalue weighted by Gasteiger charge is -2.36. The molecule has 0 amide bonds. The third-order valence-corrected chi connectivity index (χ3v) is 8.98. The van der Waals surface area contributed by atoms with Gasteiger partial charge in [-0.15, -0.1) is 0 Å². The highest BCUT2D eigenvalue weighted by Gasteiger charge is 2.40. The topological polar surface area (TPSA) is 97.2 Å². The second-order valence-electron chi connectivity index (χ2n) is 11.9. The minimum absolute atomic E-state index is 0.0117. The first-order chi connectivity index (χ1) is 19.2. The molecule has 0 unspecified atom stereocenters. The van der Waals surface area contributed by atoms with Crippen LogP contribution in [0.1, 0.15) is 58.4 Å². The van der Waals surface area contributed by atoms with Gasteiger partial charge in [0.25, 0.3) is 0 Å². The Balaban J connectivity index is 1.23. The van der Waals surface area contributed by atoms with E-state index in [1.807, 2.05) is 18.3 Å². The number of aromatic nitrogens is 2. The molecule has 1 aliphatic carbocycles. The van der Waals surface area contributed by atoms with Crippen LogP contribution in [0.25, 0.3) is 5.57 Å². The Hall–Kier alpha value is -3.33. The van der Waals surface area contributed by atoms with Crippen LogP contribution in [0.4, 0.5) is 11.4 Å². The van der Waals surface area contributed by atoms with Crippen molar-refractivity contribution in [2.75, 3.05) is 43.7 Å². The quantitative estimate of drug-likeness (QED) is 0.460. The Morgan fingerprint density at radius 3 is 2.48 bits per heavy atom. The van der Waals surface area contributed by atoms with Crippen LogP contribution in [0.2, 0.25) is 0 Å². The van der Waals surface area contributed by atoms with Crippen LogP contribution in [0.15, 0.2) is 36.7 Å². The molecule has 1 N–H and O–H groups in total. The maximum absolute atomic E-state index is 11.5. The fourth-order valence-electron chi connectivity index (χ4n) is 6.56. The highest BCUT2D eigenvalue weighted by Crippen LogP contribution is 2.47. The van der Waals surface area contributed by atoms with Crippen LogP contribution in [-0.2, 0) is 9.53 Å². The van der Waals surface area contributed by atoms with E-state index in [1.165, 1.54) is 16.8 Å². The van der Waals surface area contributed by atoms with Crippen LogP contribution in [0.3, 0.4) is 0 Å². The Bertz CT molecular complexity index is 1220. The summed E-state index contributed by atoms with van der Waals surface area (Å²) in [6, 6.07) is 5.80. The number of hydrogen-bond donors (Lipinski definition) is 1. The minimum atomic E-state index is -0.807. The molecular formula is C31H42N4O5. The smallest absolute Gasteiger partial charge is 0.305 e. The monoisotopic (exact) mass is 550 g/mol. The predicted octanol–water partition coefficient (Wildman–Crippen LogP) is 5.05. The van der Waals surface area contributed by atoms with Crippen molar-refractivity contribution in [3.05, 3.63) is 42.2 Å². The van der Waals surface area contributed by atoms with Gasteiger partial charge in [-0.1, -0.05) is 26.8 Å². The Morgan fingerprint density at radius 2 is 1.88 bits per heavy atom. The summed E-state index contributed by atoms with van der Waals surface area (Å²) < 4.78 is 17.4. The normalized spacial score (nSPS) is 24.7. The van der Waals surface area contributed by atoms with Gasteiger partial charge in [0.2, 0.25) is 11.8 Å². The first-order valence-electron chi connectivity index (χ1n) is 14.3. The van der Waals surface area contributed by atoms with Crippen molar-refractivity contribution in [2.24, 2.45) is 11.3 Å². The van der Waals surface area contributed by atoms with Gasteiger partial charge < -0.3 is 29.1 Å². The highest BCUT2D eigenvalue weighted by atomic mass is 16.5. The molecule has 2 aromatic heterocycles. The van der Waals surface area contributed by atoms with Gasteiger partial charge in [-0.3, -0.25) is 4.79 Å². The van der Waals surface area contributed by atoms with E-state index in [9.17, 15) is 9.90 Å². The number of nitrogens with zero attached hydrogens (tertiary/aromatic N) is 4. The highest BCUT2D eigenvalue weighted by molar-refractivity contribution is 5.81. The molecule has 0 bridgehead atoms. The van der Waals surface area contributed by atoms with Gasteiger partial charge in [-0.25, -0.2) is 9.97 Å². The molecule has 9 nitrogen and oxygen atoms in total. The van der Waals surface area contributed by atoms with Crippen molar-refractivity contribution in [3.8, 4) is 11.8 Å². The molecule has 4 heterocycles. The van der Waals surface area contributed by atoms with Crippen LogP contribution in [-0.4, -0.2) is 73.1 Å². The number of pyridine rings is 2. The van der Waals surface area contributed by atoms with E-state index in [0.717, 1.165) is 44.5 Å². The van der Waals surface area contributed by atoms with Crippen molar-refractivity contribution < 1.29 is 24.1 Å². The first-order valence-corrected chi connectivity index (χ1v) is 14.3. The molecule has 0 aromatic carbocycles. The lowest BCUT2D eigenvalue weighted by atomic mass is 9.82. The third kappa shape index (κ3) is 5.75. The number of allylic oxidation sites excluding steroid dienone is 2. The van der Waals surface area contributed by atoms with E-state index in [1.54, 1.807) is 20.4 Å². The van der Waals surface area contributed by atoms with Gasteiger partial charge in [0.1, 0.15) is 6.10 Å². The molecule has 2 aliphatic heterocycles. The second-order valence-corrected chi connectivity index (χ2v) is 11.9. The summed E-state index contributed by atoms with van der Waals surface area (Å²) in [4.78, 5) is 25.1. The van der Waals surface area contributed by atoms with Crippen molar-refractivity contribution in [1.29, 1.82) is 0 Å².